The lowest BCUT2D eigenvalue weighted by molar-refractivity contribution is -0.216. The summed E-state index contributed by atoms with van der Waals surface area (Å²) in [6.07, 6.45) is 12.9. The van der Waals surface area contributed by atoms with Crippen LogP contribution in [0.25, 0.3) is 0 Å². The van der Waals surface area contributed by atoms with Gasteiger partial charge in [-0.05, 0) is 173 Å². The number of Topliss-reactive ketones (excluding diaryl/α,β-unsaturated/α-hetero) is 1. The first-order chi connectivity index (χ1) is 30.2. The molecule has 6 aliphatic carbocycles. The van der Waals surface area contributed by atoms with Gasteiger partial charge in [-0.2, -0.15) is 0 Å². The van der Waals surface area contributed by atoms with Gasteiger partial charge in [-0.25, -0.2) is 0 Å². The quantitative estimate of drug-likeness (QED) is 0.157. The lowest BCUT2D eigenvalue weighted by Gasteiger charge is -2.68. The Hall–Kier alpha value is -3.24. The van der Waals surface area contributed by atoms with Gasteiger partial charge in [0.15, 0.2) is 5.78 Å². The predicted octanol–water partition coefficient (Wildman–Crippen LogP) is 9.56. The Morgan fingerprint density at radius 1 is 0.953 bits per heavy atom. The first-order valence-electron chi connectivity index (χ1n) is 24.9. The summed E-state index contributed by atoms with van der Waals surface area (Å²) in [5.74, 6) is 0.943. The van der Waals surface area contributed by atoms with Gasteiger partial charge in [0, 0.05) is 29.3 Å². The molecule has 8 rings (SSSR count). The maximum Gasteiger partial charge on any atom is 0.309 e. The van der Waals surface area contributed by atoms with Crippen molar-refractivity contribution in [3.8, 4) is 5.75 Å². The number of carbonyl (C=O) groups excluding carboxylic acids is 5. The van der Waals surface area contributed by atoms with Crippen molar-refractivity contribution in [3.63, 3.8) is 0 Å². The Morgan fingerprint density at radius 3 is 2.36 bits per heavy atom. The SMILES string of the molecule is CC(C)C1=C2C3CCC4C(C)(CCC5C(C)(C)C(OC(=O)C6CC(C=O)C6C)CCC54C)C3CCC2(NC(=O)C(C)(C)NC(=O)c2ccc(Cl)cc2OCCN2CCCCC2)CC1=O. The van der Waals surface area contributed by atoms with Crippen molar-refractivity contribution in [2.45, 2.75) is 163 Å². The van der Waals surface area contributed by atoms with Crippen molar-refractivity contribution in [1.29, 1.82) is 0 Å². The second-order valence-electron chi connectivity index (χ2n) is 23.4. The molecule has 11 unspecified atom stereocenters. The van der Waals surface area contributed by atoms with Crippen LogP contribution < -0.4 is 15.4 Å². The molecule has 1 heterocycles. The lowest BCUT2D eigenvalue weighted by Crippen LogP contribution is -2.65. The van der Waals surface area contributed by atoms with Crippen LogP contribution in [0.5, 0.6) is 5.75 Å². The molecule has 352 valence electrons. The highest BCUT2D eigenvalue weighted by Gasteiger charge is 2.67. The van der Waals surface area contributed by atoms with Gasteiger partial charge >= 0.3 is 5.97 Å². The minimum absolute atomic E-state index is 0.0239. The number of ether oxygens (including phenoxy) is 2. The second kappa shape index (κ2) is 17.4. The highest BCUT2D eigenvalue weighted by atomic mass is 35.5. The summed E-state index contributed by atoms with van der Waals surface area (Å²) >= 11 is 6.39. The third-order valence-corrected chi connectivity index (χ3v) is 19.0. The zero-order valence-electron chi connectivity index (χ0n) is 40.2. The number of hydrogen-bond acceptors (Lipinski definition) is 8. The van der Waals surface area contributed by atoms with E-state index in [2.05, 4.69) is 57.1 Å². The van der Waals surface area contributed by atoms with Gasteiger partial charge in [0.2, 0.25) is 5.91 Å². The number of fused-ring (bicyclic) bond motifs is 7. The van der Waals surface area contributed by atoms with Gasteiger partial charge in [-0.3, -0.25) is 24.1 Å². The Balaban J connectivity index is 0.981. The lowest BCUT2D eigenvalue weighted by atomic mass is 9.37. The highest BCUT2D eigenvalue weighted by Crippen LogP contribution is 2.72. The molecule has 6 fully saturated rings. The molecular weight excluding hydrogens is 826 g/mol. The van der Waals surface area contributed by atoms with E-state index in [1.807, 2.05) is 6.92 Å². The van der Waals surface area contributed by atoms with Crippen LogP contribution in [0.2, 0.25) is 5.02 Å². The van der Waals surface area contributed by atoms with Gasteiger partial charge < -0.3 is 24.9 Å². The van der Waals surface area contributed by atoms with E-state index < -0.39 is 17.0 Å². The molecule has 1 aromatic carbocycles. The van der Waals surface area contributed by atoms with Gasteiger partial charge in [0.05, 0.1) is 17.0 Å². The van der Waals surface area contributed by atoms with Crippen LogP contribution in [0, 0.1) is 63.6 Å². The highest BCUT2D eigenvalue weighted by molar-refractivity contribution is 6.30. The number of nitrogens with zero attached hydrogens (tertiary/aromatic N) is 1. The average molecular weight is 903 g/mol. The van der Waals surface area contributed by atoms with Gasteiger partial charge in [0.25, 0.3) is 5.91 Å². The molecule has 1 aromatic rings. The number of piperidine rings is 1. The molecule has 0 bridgehead atoms. The number of carbonyl (C=O) groups is 5. The Labute approximate surface area is 387 Å². The monoisotopic (exact) mass is 902 g/mol. The largest absolute Gasteiger partial charge is 0.491 e. The van der Waals surface area contributed by atoms with Crippen LogP contribution in [0.3, 0.4) is 0 Å². The number of amides is 2. The molecule has 0 radical (unpaired) electrons. The Morgan fingerprint density at radius 2 is 1.67 bits per heavy atom. The number of benzene rings is 1. The topological polar surface area (TPSA) is 131 Å². The maximum atomic E-state index is 14.7. The van der Waals surface area contributed by atoms with Crippen LogP contribution in [-0.2, 0) is 23.9 Å². The van der Waals surface area contributed by atoms with Crippen LogP contribution in [0.1, 0.15) is 156 Å². The first kappa shape index (κ1) is 47.3. The van der Waals surface area contributed by atoms with Crippen molar-refractivity contribution in [2.24, 2.45) is 63.6 Å². The van der Waals surface area contributed by atoms with E-state index in [4.69, 9.17) is 21.1 Å². The summed E-state index contributed by atoms with van der Waals surface area (Å²) in [4.78, 5) is 70.2. The van der Waals surface area contributed by atoms with E-state index >= 15 is 0 Å². The summed E-state index contributed by atoms with van der Waals surface area (Å²) in [7, 11) is 0. The zero-order valence-corrected chi connectivity index (χ0v) is 41.0. The second-order valence-corrected chi connectivity index (χ2v) is 23.8. The number of likely N-dealkylation sites (tertiary alicyclic amines) is 1. The number of aldehydes is 1. The standard InChI is InChI=1S/C53H76ClN3O7/c1-31(2)44-39(59)29-53(56-48(62)50(6,7)55-46(60)36-14-13-34(54)28-40(36)63-26-25-57-23-11-10-12-24-57)22-17-38-35(45(44)53)15-16-42-51(38,8)20-18-41-49(4,5)43(19-21-52(41,42)9)64-47(61)37-27-33(30-58)32(37)3/h13-14,28,30-33,35,37-38,41-43H,10-12,15-27,29H2,1-9H3,(H,55,60)(H,56,62). The molecule has 64 heavy (non-hydrogen) atoms. The van der Waals surface area contributed by atoms with Crippen LogP contribution in [0.15, 0.2) is 29.3 Å². The smallest absolute Gasteiger partial charge is 0.309 e. The molecule has 7 aliphatic rings. The average Bonchev–Trinajstić information content (AvgIpc) is 3.53. The number of halogens is 1. The summed E-state index contributed by atoms with van der Waals surface area (Å²) in [6.45, 7) is 22.7. The predicted molar refractivity (Wildman–Crippen MR) is 249 cm³/mol. The third kappa shape index (κ3) is 8.08. The molecule has 2 amide bonds. The molecule has 2 N–H and O–H groups in total. The molecule has 0 spiro atoms. The molecule has 1 aliphatic heterocycles. The number of nitrogens with one attached hydrogen (secondary N) is 2. The van der Waals surface area contributed by atoms with E-state index in [1.165, 1.54) is 19.3 Å². The summed E-state index contributed by atoms with van der Waals surface area (Å²) in [6, 6.07) is 4.99. The van der Waals surface area contributed by atoms with Crippen molar-refractivity contribution < 1.29 is 33.4 Å². The number of hydrogen-bond donors (Lipinski definition) is 2. The molecule has 10 nitrogen and oxygen atoms in total. The number of ketones is 1. The normalized spacial score (nSPS) is 37.0. The van der Waals surface area contributed by atoms with Crippen molar-refractivity contribution in [2.75, 3.05) is 26.2 Å². The van der Waals surface area contributed by atoms with E-state index in [9.17, 15) is 24.0 Å². The van der Waals surface area contributed by atoms with E-state index in [1.54, 1.807) is 32.0 Å². The molecule has 0 aromatic heterocycles. The van der Waals surface area contributed by atoms with E-state index in [-0.39, 0.29) is 76.0 Å². The van der Waals surface area contributed by atoms with Crippen LogP contribution in [-0.4, -0.2) is 78.2 Å². The summed E-state index contributed by atoms with van der Waals surface area (Å²) in [5, 5.41) is 6.97. The Kier molecular flexibility index (Phi) is 12.9. The first-order valence-corrected chi connectivity index (χ1v) is 25.3. The molecule has 11 heteroatoms. The van der Waals surface area contributed by atoms with E-state index in [0.717, 1.165) is 82.0 Å². The molecular formula is C53H76ClN3O7. The fourth-order valence-corrected chi connectivity index (χ4v) is 15.4. The van der Waals surface area contributed by atoms with Crippen molar-refractivity contribution in [1.82, 2.24) is 15.5 Å². The Bertz CT molecular complexity index is 2060. The van der Waals surface area contributed by atoms with Crippen LogP contribution >= 0.6 is 11.6 Å². The fraction of sp³-hybridized carbons (Fsp3) is 0.755. The number of allylic oxidation sites excluding steroid dienone is 1. The minimum atomic E-state index is -1.30. The van der Waals surface area contributed by atoms with Crippen LogP contribution in [0.4, 0.5) is 0 Å². The fourth-order valence-electron chi connectivity index (χ4n) is 15.2. The summed E-state index contributed by atoms with van der Waals surface area (Å²) in [5.41, 5.74) is 0.225. The minimum Gasteiger partial charge on any atom is -0.491 e. The number of rotatable bonds is 12. The third-order valence-electron chi connectivity index (χ3n) is 18.8. The molecule has 1 saturated heterocycles. The molecule has 11 atom stereocenters. The maximum absolute atomic E-state index is 14.7. The van der Waals surface area contributed by atoms with E-state index in [0.29, 0.717) is 53.5 Å². The zero-order chi connectivity index (χ0) is 46.1. The van der Waals surface area contributed by atoms with Gasteiger partial charge in [-0.15, -0.1) is 0 Å². The van der Waals surface area contributed by atoms with Crippen molar-refractivity contribution >= 4 is 41.5 Å². The molecule has 5 saturated carbocycles. The van der Waals surface area contributed by atoms with Crippen molar-refractivity contribution in [3.05, 3.63) is 39.9 Å². The van der Waals surface area contributed by atoms with Gasteiger partial charge in [0.1, 0.15) is 30.3 Å². The van der Waals surface area contributed by atoms with Gasteiger partial charge in [-0.1, -0.05) is 66.5 Å². The summed E-state index contributed by atoms with van der Waals surface area (Å²) < 4.78 is 12.6. The number of esters is 1.